The van der Waals surface area contributed by atoms with E-state index in [0.717, 1.165) is 18.1 Å². The molecule has 32 heavy (non-hydrogen) atoms. The van der Waals surface area contributed by atoms with Crippen molar-refractivity contribution in [3.8, 4) is 0 Å². The maximum absolute atomic E-state index is 12.8. The highest BCUT2D eigenvalue weighted by atomic mass is 16.5. The van der Waals surface area contributed by atoms with Crippen molar-refractivity contribution in [3.63, 3.8) is 0 Å². The second kappa shape index (κ2) is 10.6. The maximum Gasteiger partial charge on any atom is 0.254 e. The van der Waals surface area contributed by atoms with Gasteiger partial charge in [-0.3, -0.25) is 9.79 Å². The van der Waals surface area contributed by atoms with E-state index in [-0.39, 0.29) is 23.5 Å². The summed E-state index contributed by atoms with van der Waals surface area (Å²) in [5.41, 5.74) is 3.07. The molecule has 0 saturated carbocycles. The summed E-state index contributed by atoms with van der Waals surface area (Å²) in [5.74, 6) is 0.817. The first kappa shape index (κ1) is 23.8. The summed E-state index contributed by atoms with van der Waals surface area (Å²) in [5, 5.41) is 6.79. The summed E-state index contributed by atoms with van der Waals surface area (Å²) in [6.07, 6.45) is 0.134. The number of morpholine rings is 1. The number of aliphatic imine (C=N–C) groups is 1. The van der Waals surface area contributed by atoms with E-state index in [0.29, 0.717) is 25.2 Å². The fraction of sp³-hybridized carbons (Fsp3) is 0.462. The Kier molecular flexibility index (Phi) is 7.91. The molecule has 0 radical (unpaired) electrons. The monoisotopic (exact) mass is 436 g/mol. The number of benzene rings is 2. The fourth-order valence-corrected chi connectivity index (χ4v) is 3.99. The topological polar surface area (TPSA) is 66.0 Å². The molecule has 2 aromatic carbocycles. The van der Waals surface area contributed by atoms with Gasteiger partial charge in [0.2, 0.25) is 0 Å². The Bertz CT molecular complexity index is 899. The average molecular weight is 437 g/mol. The molecule has 1 fully saturated rings. The van der Waals surface area contributed by atoms with E-state index in [9.17, 15) is 4.79 Å². The van der Waals surface area contributed by atoms with Gasteiger partial charge in [-0.05, 0) is 37.1 Å². The molecule has 1 heterocycles. The van der Waals surface area contributed by atoms with Crippen molar-refractivity contribution in [3.05, 3.63) is 71.3 Å². The number of nitrogens with one attached hydrogen (secondary N) is 2. The molecule has 0 aromatic heterocycles. The summed E-state index contributed by atoms with van der Waals surface area (Å²) in [6, 6.07) is 18.3. The predicted molar refractivity (Wildman–Crippen MR) is 130 cm³/mol. The van der Waals surface area contributed by atoms with E-state index in [1.807, 2.05) is 49.1 Å². The third kappa shape index (κ3) is 6.33. The van der Waals surface area contributed by atoms with Crippen LogP contribution >= 0.6 is 0 Å². The highest BCUT2D eigenvalue weighted by Crippen LogP contribution is 2.21. The van der Waals surface area contributed by atoms with Crippen LogP contribution in [0.25, 0.3) is 0 Å². The van der Waals surface area contributed by atoms with Gasteiger partial charge in [0.05, 0.1) is 12.2 Å². The lowest BCUT2D eigenvalue weighted by Gasteiger charge is -2.35. The quantitative estimate of drug-likeness (QED) is 0.537. The van der Waals surface area contributed by atoms with E-state index in [1.54, 1.807) is 7.05 Å². The Hall–Kier alpha value is -2.86. The number of hydrogen-bond acceptors (Lipinski definition) is 3. The summed E-state index contributed by atoms with van der Waals surface area (Å²) >= 11 is 0. The molecule has 1 aliphatic heterocycles. The fourth-order valence-electron chi connectivity index (χ4n) is 3.99. The van der Waals surface area contributed by atoms with Crippen molar-refractivity contribution in [2.24, 2.45) is 4.99 Å². The van der Waals surface area contributed by atoms with Crippen molar-refractivity contribution < 1.29 is 9.53 Å². The molecule has 2 N–H and O–H groups in total. The number of amides is 1. The molecule has 2 unspecified atom stereocenters. The highest BCUT2D eigenvalue weighted by molar-refractivity contribution is 5.94. The van der Waals surface area contributed by atoms with Gasteiger partial charge in [0.25, 0.3) is 5.91 Å². The van der Waals surface area contributed by atoms with Gasteiger partial charge >= 0.3 is 0 Å². The van der Waals surface area contributed by atoms with Crippen LogP contribution in [0.1, 0.15) is 49.2 Å². The molecule has 2 atom stereocenters. The molecule has 0 spiro atoms. The largest absolute Gasteiger partial charge is 0.372 e. The highest BCUT2D eigenvalue weighted by Gasteiger charge is 2.26. The predicted octanol–water partition coefficient (Wildman–Crippen LogP) is 3.58. The van der Waals surface area contributed by atoms with Gasteiger partial charge in [-0.15, -0.1) is 0 Å². The van der Waals surface area contributed by atoms with Crippen LogP contribution in [-0.2, 0) is 16.7 Å². The third-order valence-electron chi connectivity index (χ3n) is 5.84. The summed E-state index contributed by atoms with van der Waals surface area (Å²) < 4.78 is 5.73. The molecule has 1 amide bonds. The molecule has 1 saturated heterocycles. The Morgan fingerprint density at radius 2 is 1.66 bits per heavy atom. The summed E-state index contributed by atoms with van der Waals surface area (Å²) in [4.78, 5) is 19.1. The second-order valence-corrected chi connectivity index (χ2v) is 9.19. The third-order valence-corrected chi connectivity index (χ3v) is 5.84. The smallest absolute Gasteiger partial charge is 0.254 e. The molecule has 3 rings (SSSR count). The lowest BCUT2D eigenvalue weighted by Crippen LogP contribution is -2.48. The van der Waals surface area contributed by atoms with Crippen LogP contribution in [0.15, 0.2) is 59.6 Å². The van der Waals surface area contributed by atoms with E-state index in [4.69, 9.17) is 4.74 Å². The number of guanidine groups is 1. The number of hydrogen-bond donors (Lipinski definition) is 2. The Balaban J connectivity index is 1.52. The first-order valence-electron chi connectivity index (χ1n) is 11.3. The molecule has 1 aliphatic rings. The zero-order valence-electron chi connectivity index (χ0n) is 19.9. The number of ether oxygens (including phenoxy) is 1. The minimum absolute atomic E-state index is 0.0185. The van der Waals surface area contributed by atoms with Crippen LogP contribution in [0.5, 0.6) is 0 Å². The van der Waals surface area contributed by atoms with Crippen molar-refractivity contribution in [2.45, 2.75) is 51.9 Å². The lowest BCUT2D eigenvalue weighted by atomic mass is 9.85. The zero-order chi connectivity index (χ0) is 23.1. The van der Waals surface area contributed by atoms with Crippen LogP contribution in [0.3, 0.4) is 0 Å². The first-order valence-corrected chi connectivity index (χ1v) is 11.3. The van der Waals surface area contributed by atoms with E-state index in [2.05, 4.69) is 53.7 Å². The number of nitrogens with zero attached hydrogens (tertiary/aromatic N) is 2. The van der Waals surface area contributed by atoms with Gasteiger partial charge in [0, 0.05) is 44.2 Å². The van der Waals surface area contributed by atoms with Gasteiger partial charge in [0.1, 0.15) is 0 Å². The number of rotatable bonds is 6. The lowest BCUT2D eigenvalue weighted by molar-refractivity contribution is -0.0586. The van der Waals surface area contributed by atoms with Crippen LogP contribution < -0.4 is 10.6 Å². The Labute approximate surface area is 192 Å². The minimum atomic E-state index is -0.0185. The molecule has 2 aromatic rings. The van der Waals surface area contributed by atoms with Crippen molar-refractivity contribution >= 4 is 11.9 Å². The van der Waals surface area contributed by atoms with Crippen molar-refractivity contribution in [1.82, 2.24) is 15.5 Å². The van der Waals surface area contributed by atoms with Gasteiger partial charge in [-0.25, -0.2) is 0 Å². The molecular weight excluding hydrogens is 400 g/mol. The van der Waals surface area contributed by atoms with Crippen LogP contribution in [0, 0.1) is 0 Å². The van der Waals surface area contributed by atoms with Crippen LogP contribution in [-0.4, -0.2) is 55.7 Å². The zero-order valence-corrected chi connectivity index (χ0v) is 19.9. The normalized spacial score (nSPS) is 19.5. The SMILES string of the molecule is CN=C(NCc1ccc(C(=O)N2CC(C)OC(C)C2)cc1)NCC(C)(C)c1ccccc1. The van der Waals surface area contributed by atoms with E-state index >= 15 is 0 Å². The molecule has 6 nitrogen and oxygen atoms in total. The number of carbonyl (C=O) groups is 1. The van der Waals surface area contributed by atoms with E-state index < -0.39 is 0 Å². The minimum Gasteiger partial charge on any atom is -0.372 e. The average Bonchev–Trinajstić information content (AvgIpc) is 2.79. The van der Waals surface area contributed by atoms with Gasteiger partial charge in [-0.1, -0.05) is 56.3 Å². The first-order chi connectivity index (χ1) is 15.3. The van der Waals surface area contributed by atoms with Crippen molar-refractivity contribution in [1.29, 1.82) is 0 Å². The van der Waals surface area contributed by atoms with Crippen LogP contribution in [0.2, 0.25) is 0 Å². The maximum atomic E-state index is 12.8. The Morgan fingerprint density at radius 1 is 1.03 bits per heavy atom. The van der Waals surface area contributed by atoms with Gasteiger partial charge in [-0.2, -0.15) is 0 Å². The number of carbonyl (C=O) groups excluding carboxylic acids is 1. The molecule has 6 heteroatoms. The van der Waals surface area contributed by atoms with Gasteiger partial charge in [0.15, 0.2) is 5.96 Å². The molecule has 0 aliphatic carbocycles. The van der Waals surface area contributed by atoms with Gasteiger partial charge < -0.3 is 20.3 Å². The molecule has 0 bridgehead atoms. The molecular formula is C26H36N4O2. The van der Waals surface area contributed by atoms with Crippen molar-refractivity contribution in [2.75, 3.05) is 26.7 Å². The summed E-state index contributed by atoms with van der Waals surface area (Å²) in [6.45, 7) is 11.1. The van der Waals surface area contributed by atoms with Crippen LogP contribution in [0.4, 0.5) is 0 Å². The molecule has 172 valence electrons. The Morgan fingerprint density at radius 3 is 2.25 bits per heavy atom. The standard InChI is InChI=1S/C26H36N4O2/c1-19-16-30(17-20(2)32-19)24(31)22-13-11-21(12-14-22)15-28-25(27-5)29-18-26(3,4)23-9-7-6-8-10-23/h6-14,19-20H,15-18H2,1-5H3,(H2,27,28,29). The second-order valence-electron chi connectivity index (χ2n) is 9.19. The summed E-state index contributed by atoms with van der Waals surface area (Å²) in [7, 11) is 1.77. The van der Waals surface area contributed by atoms with E-state index in [1.165, 1.54) is 5.56 Å².